The van der Waals surface area contributed by atoms with Gasteiger partial charge in [0.1, 0.15) is 0 Å². The molecule has 0 radical (unpaired) electrons. The molecule has 118 valence electrons. The summed E-state index contributed by atoms with van der Waals surface area (Å²) in [6.45, 7) is 0.865. The Labute approximate surface area is 130 Å². The van der Waals surface area contributed by atoms with Crippen LogP contribution in [-0.4, -0.2) is 31.7 Å². The van der Waals surface area contributed by atoms with E-state index in [4.69, 9.17) is 5.73 Å². The second kappa shape index (κ2) is 5.85. The van der Waals surface area contributed by atoms with Gasteiger partial charge in [-0.15, -0.1) is 0 Å². The zero-order valence-electron chi connectivity index (χ0n) is 12.4. The van der Waals surface area contributed by atoms with Crippen LogP contribution < -0.4 is 5.73 Å². The Kier molecular flexibility index (Phi) is 4.06. The third kappa shape index (κ3) is 2.94. The van der Waals surface area contributed by atoms with E-state index in [9.17, 15) is 13.2 Å². The first-order chi connectivity index (χ1) is 10.5. The maximum atomic E-state index is 12.8. The second-order valence-electron chi connectivity index (χ2n) is 6.00. The molecule has 1 heterocycles. The van der Waals surface area contributed by atoms with Gasteiger partial charge in [-0.2, -0.15) is 4.31 Å². The molecule has 1 aliphatic carbocycles. The Morgan fingerprint density at radius 2 is 2.05 bits per heavy atom. The number of primary amides is 1. The van der Waals surface area contributed by atoms with E-state index in [2.05, 4.69) is 0 Å². The number of allylic oxidation sites excluding steroid dienone is 1. The predicted molar refractivity (Wildman–Crippen MR) is 85.2 cm³/mol. The molecule has 1 aromatic rings. The maximum Gasteiger partial charge on any atom is 0.239 e. The van der Waals surface area contributed by atoms with Gasteiger partial charge in [-0.25, -0.2) is 8.42 Å². The summed E-state index contributed by atoms with van der Waals surface area (Å²) in [4.78, 5) is 11.5. The van der Waals surface area contributed by atoms with Gasteiger partial charge in [0.25, 0.3) is 0 Å². The van der Waals surface area contributed by atoms with E-state index < -0.39 is 10.0 Å². The summed E-state index contributed by atoms with van der Waals surface area (Å²) in [7, 11) is -3.43. The zero-order chi connectivity index (χ0) is 15.7. The molecule has 1 fully saturated rings. The number of carbonyl (C=O) groups is 1. The fourth-order valence-corrected chi connectivity index (χ4v) is 4.96. The second-order valence-corrected chi connectivity index (χ2v) is 7.99. The summed E-state index contributed by atoms with van der Waals surface area (Å²) in [5, 5.41) is 0. The number of fused-ring (bicyclic) bond motifs is 1. The quantitative estimate of drug-likeness (QED) is 0.913. The van der Waals surface area contributed by atoms with Crippen molar-refractivity contribution in [3.63, 3.8) is 0 Å². The highest BCUT2D eigenvalue weighted by Crippen LogP contribution is 2.32. The van der Waals surface area contributed by atoms with Crippen molar-refractivity contribution in [2.45, 2.75) is 25.7 Å². The first-order valence-corrected chi connectivity index (χ1v) is 8.98. The lowest BCUT2D eigenvalue weighted by Gasteiger charge is -2.22. The summed E-state index contributed by atoms with van der Waals surface area (Å²) in [6.07, 6.45) is 4.03. The lowest BCUT2D eigenvalue weighted by atomic mass is 9.98. The van der Waals surface area contributed by atoms with E-state index in [1.807, 2.05) is 24.3 Å². The van der Waals surface area contributed by atoms with Crippen LogP contribution in [0.15, 0.2) is 29.2 Å². The number of rotatable bonds is 4. The van der Waals surface area contributed by atoms with Crippen LogP contribution in [0, 0.1) is 5.92 Å². The van der Waals surface area contributed by atoms with Gasteiger partial charge in [-0.3, -0.25) is 4.79 Å². The Balaban J connectivity index is 1.80. The molecule has 3 rings (SSSR count). The fraction of sp³-hybridized carbons (Fsp3) is 0.438. The monoisotopic (exact) mass is 320 g/mol. The standard InChI is InChI=1S/C16H20N2O3S/c17-16(19)9-12-7-8-18(11-12)22(20,21)15-6-5-13-3-1-2-4-14(13)10-15/h1-4,10,12H,5-9,11H2,(H2,17,19). The average molecular weight is 320 g/mol. The summed E-state index contributed by atoms with van der Waals surface area (Å²) >= 11 is 0. The van der Waals surface area contributed by atoms with Crippen LogP contribution in [0.25, 0.3) is 6.08 Å². The van der Waals surface area contributed by atoms with Gasteiger partial charge in [0.05, 0.1) is 4.91 Å². The minimum atomic E-state index is -3.43. The minimum absolute atomic E-state index is 0.0451. The number of benzene rings is 1. The van der Waals surface area contributed by atoms with Gasteiger partial charge in [0.2, 0.25) is 15.9 Å². The predicted octanol–water partition coefficient (Wildman–Crippen LogP) is 1.50. The van der Waals surface area contributed by atoms with Crippen molar-refractivity contribution < 1.29 is 13.2 Å². The molecular formula is C16H20N2O3S. The number of hydrogen-bond acceptors (Lipinski definition) is 3. The zero-order valence-corrected chi connectivity index (χ0v) is 13.2. The number of carbonyl (C=O) groups excluding carboxylic acids is 1. The molecular weight excluding hydrogens is 300 g/mol. The average Bonchev–Trinajstić information content (AvgIpc) is 2.95. The van der Waals surface area contributed by atoms with Gasteiger partial charge >= 0.3 is 0 Å². The number of aryl methyl sites for hydroxylation is 1. The fourth-order valence-electron chi connectivity index (χ4n) is 3.24. The third-order valence-electron chi connectivity index (χ3n) is 4.42. The lowest BCUT2D eigenvalue weighted by Crippen LogP contribution is -2.31. The first-order valence-electron chi connectivity index (χ1n) is 7.54. The van der Waals surface area contributed by atoms with E-state index in [1.54, 1.807) is 6.08 Å². The first kappa shape index (κ1) is 15.2. The van der Waals surface area contributed by atoms with Crippen LogP contribution in [0.2, 0.25) is 0 Å². The largest absolute Gasteiger partial charge is 0.370 e. The highest BCUT2D eigenvalue weighted by Gasteiger charge is 2.34. The van der Waals surface area contributed by atoms with Crippen LogP contribution in [-0.2, 0) is 21.2 Å². The SMILES string of the molecule is NC(=O)CC1CCN(S(=O)(=O)C2=Cc3ccccc3CC2)C1. The van der Waals surface area contributed by atoms with Crippen molar-refractivity contribution >= 4 is 22.0 Å². The van der Waals surface area contributed by atoms with Crippen LogP contribution in [0.3, 0.4) is 0 Å². The molecule has 0 saturated carbocycles. The van der Waals surface area contributed by atoms with Crippen molar-refractivity contribution in [1.82, 2.24) is 4.31 Å². The molecule has 1 aliphatic heterocycles. The van der Waals surface area contributed by atoms with Gasteiger partial charge in [-0.1, -0.05) is 24.3 Å². The van der Waals surface area contributed by atoms with Gasteiger partial charge in [-0.05, 0) is 42.4 Å². The number of nitrogens with two attached hydrogens (primary N) is 1. The van der Waals surface area contributed by atoms with Gasteiger partial charge in [0, 0.05) is 19.5 Å². The van der Waals surface area contributed by atoms with Crippen molar-refractivity contribution in [2.24, 2.45) is 11.7 Å². The Morgan fingerprint density at radius 3 is 2.82 bits per heavy atom. The van der Waals surface area contributed by atoms with Crippen LogP contribution >= 0.6 is 0 Å². The topological polar surface area (TPSA) is 80.5 Å². The molecule has 1 saturated heterocycles. The Morgan fingerprint density at radius 1 is 1.27 bits per heavy atom. The molecule has 6 heteroatoms. The van der Waals surface area contributed by atoms with Crippen molar-refractivity contribution in [3.8, 4) is 0 Å². The smallest absolute Gasteiger partial charge is 0.239 e. The van der Waals surface area contributed by atoms with E-state index in [1.165, 1.54) is 9.87 Å². The Bertz CT molecular complexity index is 725. The molecule has 0 bridgehead atoms. The molecule has 1 atom stereocenters. The summed E-state index contributed by atoms with van der Waals surface area (Å²) < 4.78 is 27.0. The number of hydrogen-bond donors (Lipinski definition) is 1. The number of nitrogens with zero attached hydrogens (tertiary/aromatic N) is 1. The number of sulfonamides is 1. The van der Waals surface area contributed by atoms with Crippen molar-refractivity contribution in [2.75, 3.05) is 13.1 Å². The molecule has 5 nitrogen and oxygen atoms in total. The lowest BCUT2D eigenvalue weighted by molar-refractivity contribution is -0.118. The van der Waals surface area contributed by atoms with Crippen LogP contribution in [0.1, 0.15) is 30.4 Å². The summed E-state index contributed by atoms with van der Waals surface area (Å²) in [5.74, 6) is -0.321. The van der Waals surface area contributed by atoms with E-state index >= 15 is 0 Å². The van der Waals surface area contributed by atoms with Crippen molar-refractivity contribution in [3.05, 3.63) is 40.3 Å². The maximum absolute atomic E-state index is 12.8. The highest BCUT2D eigenvalue weighted by molar-refractivity contribution is 7.93. The minimum Gasteiger partial charge on any atom is -0.370 e. The molecule has 1 amide bonds. The highest BCUT2D eigenvalue weighted by atomic mass is 32.2. The van der Waals surface area contributed by atoms with Crippen LogP contribution in [0.4, 0.5) is 0 Å². The Hall–Kier alpha value is -1.66. The molecule has 2 aliphatic rings. The normalized spacial score (nSPS) is 22.2. The van der Waals surface area contributed by atoms with E-state index in [-0.39, 0.29) is 18.2 Å². The third-order valence-corrected chi connectivity index (χ3v) is 6.42. The molecule has 0 aromatic heterocycles. The molecule has 22 heavy (non-hydrogen) atoms. The molecule has 1 aromatic carbocycles. The molecule has 2 N–H and O–H groups in total. The van der Waals surface area contributed by atoms with E-state index in [0.29, 0.717) is 30.8 Å². The van der Waals surface area contributed by atoms with Crippen LogP contribution in [0.5, 0.6) is 0 Å². The van der Waals surface area contributed by atoms with E-state index in [0.717, 1.165) is 12.0 Å². The molecule has 0 spiro atoms. The van der Waals surface area contributed by atoms with Gasteiger partial charge < -0.3 is 5.73 Å². The molecule has 1 unspecified atom stereocenters. The summed E-state index contributed by atoms with van der Waals surface area (Å²) in [5.41, 5.74) is 7.38. The van der Waals surface area contributed by atoms with Crippen molar-refractivity contribution in [1.29, 1.82) is 0 Å². The number of amides is 1. The summed E-state index contributed by atoms with van der Waals surface area (Å²) in [6, 6.07) is 7.88. The van der Waals surface area contributed by atoms with Gasteiger partial charge in [0.15, 0.2) is 0 Å².